The average molecular weight is 443 g/mol. The van der Waals surface area contributed by atoms with E-state index >= 15 is 0 Å². The fourth-order valence-electron chi connectivity index (χ4n) is 3.10. The third-order valence-corrected chi connectivity index (χ3v) is 6.29. The Labute approximate surface area is 190 Å². The van der Waals surface area contributed by atoms with Gasteiger partial charge in [-0.25, -0.2) is 0 Å². The molecule has 0 aliphatic heterocycles. The van der Waals surface area contributed by atoms with Crippen LogP contribution in [0.5, 0.6) is 5.75 Å². The highest BCUT2D eigenvalue weighted by Crippen LogP contribution is 2.18. The molecule has 5 nitrogen and oxygen atoms in total. The van der Waals surface area contributed by atoms with Gasteiger partial charge in [-0.2, -0.15) is 0 Å². The first kappa shape index (κ1) is 24.8. The fourth-order valence-corrected chi connectivity index (χ4v) is 3.97. The second kappa shape index (κ2) is 13.1. The molecule has 0 aliphatic carbocycles. The SMILES string of the molecule is CC[C@@H](C)NC(=O)[C@@H](C)N(CCc1ccccc1)C(=O)CSCc1ccc(OC)cc1. The molecule has 1 N–H and O–H groups in total. The maximum atomic E-state index is 13.1. The first-order chi connectivity index (χ1) is 14.9. The molecule has 0 fully saturated rings. The Bertz CT molecular complexity index is 811. The number of hydrogen-bond donors (Lipinski definition) is 1. The highest BCUT2D eigenvalue weighted by atomic mass is 32.2. The largest absolute Gasteiger partial charge is 0.497 e. The third kappa shape index (κ3) is 8.29. The van der Waals surface area contributed by atoms with Crippen molar-refractivity contribution in [3.8, 4) is 5.75 Å². The monoisotopic (exact) mass is 442 g/mol. The lowest BCUT2D eigenvalue weighted by atomic mass is 10.1. The van der Waals surface area contributed by atoms with Crippen molar-refractivity contribution < 1.29 is 14.3 Å². The van der Waals surface area contributed by atoms with Gasteiger partial charge in [0.1, 0.15) is 11.8 Å². The molecular weight excluding hydrogens is 408 g/mol. The lowest BCUT2D eigenvalue weighted by Crippen LogP contribution is -2.51. The highest BCUT2D eigenvalue weighted by molar-refractivity contribution is 7.99. The van der Waals surface area contributed by atoms with Crippen LogP contribution in [0.1, 0.15) is 38.3 Å². The first-order valence-electron chi connectivity index (χ1n) is 10.8. The Morgan fingerprint density at radius 1 is 1.03 bits per heavy atom. The van der Waals surface area contributed by atoms with Gasteiger partial charge in [-0.05, 0) is 49.9 Å². The molecule has 168 valence electrons. The van der Waals surface area contributed by atoms with Gasteiger partial charge in [-0.15, -0.1) is 11.8 Å². The molecule has 2 rings (SSSR count). The zero-order valence-electron chi connectivity index (χ0n) is 19.0. The summed E-state index contributed by atoms with van der Waals surface area (Å²) in [7, 11) is 1.64. The van der Waals surface area contributed by atoms with Crippen molar-refractivity contribution >= 4 is 23.6 Å². The van der Waals surface area contributed by atoms with Crippen LogP contribution in [0.4, 0.5) is 0 Å². The smallest absolute Gasteiger partial charge is 0.242 e. The molecule has 0 unspecified atom stereocenters. The summed E-state index contributed by atoms with van der Waals surface area (Å²) in [6.07, 6.45) is 1.57. The van der Waals surface area contributed by atoms with Crippen molar-refractivity contribution in [1.82, 2.24) is 10.2 Å². The quantitative estimate of drug-likeness (QED) is 0.532. The Balaban J connectivity index is 1.98. The van der Waals surface area contributed by atoms with E-state index in [1.807, 2.05) is 75.4 Å². The van der Waals surface area contributed by atoms with E-state index in [4.69, 9.17) is 4.74 Å². The van der Waals surface area contributed by atoms with E-state index in [2.05, 4.69) is 5.32 Å². The van der Waals surface area contributed by atoms with Crippen molar-refractivity contribution in [1.29, 1.82) is 0 Å². The van der Waals surface area contributed by atoms with Gasteiger partial charge >= 0.3 is 0 Å². The summed E-state index contributed by atoms with van der Waals surface area (Å²) in [6, 6.07) is 17.5. The zero-order chi connectivity index (χ0) is 22.6. The molecule has 0 spiro atoms. The van der Waals surface area contributed by atoms with E-state index in [1.54, 1.807) is 23.8 Å². The summed E-state index contributed by atoms with van der Waals surface area (Å²) >= 11 is 1.56. The highest BCUT2D eigenvalue weighted by Gasteiger charge is 2.26. The third-order valence-electron chi connectivity index (χ3n) is 5.31. The number of ether oxygens (including phenoxy) is 1. The number of thioether (sulfide) groups is 1. The van der Waals surface area contributed by atoms with E-state index in [-0.39, 0.29) is 17.9 Å². The normalized spacial score (nSPS) is 12.6. The van der Waals surface area contributed by atoms with Gasteiger partial charge in [0.2, 0.25) is 11.8 Å². The molecule has 0 aromatic heterocycles. The molecule has 2 amide bonds. The number of carbonyl (C=O) groups excluding carboxylic acids is 2. The minimum atomic E-state index is -0.508. The predicted molar refractivity (Wildman–Crippen MR) is 128 cm³/mol. The van der Waals surface area contributed by atoms with Crippen LogP contribution in [0.2, 0.25) is 0 Å². The van der Waals surface area contributed by atoms with Crippen molar-refractivity contribution in [2.45, 2.75) is 51.4 Å². The van der Waals surface area contributed by atoms with Crippen molar-refractivity contribution in [2.75, 3.05) is 19.4 Å². The summed E-state index contributed by atoms with van der Waals surface area (Å²) in [5, 5.41) is 3.00. The Kier molecular flexibility index (Phi) is 10.4. The van der Waals surface area contributed by atoms with E-state index < -0.39 is 6.04 Å². The minimum absolute atomic E-state index is 0.0127. The molecule has 0 radical (unpaired) electrons. The number of methoxy groups -OCH3 is 1. The summed E-state index contributed by atoms with van der Waals surface area (Å²) in [6.45, 7) is 6.34. The molecule has 0 heterocycles. The Morgan fingerprint density at radius 2 is 1.71 bits per heavy atom. The standard InChI is InChI=1S/C25H34N2O3S/c1-5-19(2)26-25(29)20(3)27(16-15-21-9-7-6-8-10-21)24(28)18-31-17-22-11-13-23(30-4)14-12-22/h6-14,19-20H,5,15-18H2,1-4H3,(H,26,29)/t19-,20-/m1/s1. The molecule has 6 heteroatoms. The number of nitrogens with zero attached hydrogens (tertiary/aromatic N) is 1. The average Bonchev–Trinajstić information content (AvgIpc) is 2.80. The topological polar surface area (TPSA) is 58.6 Å². The molecule has 2 aromatic rings. The summed E-state index contributed by atoms with van der Waals surface area (Å²) in [5.41, 5.74) is 2.29. The lowest BCUT2D eigenvalue weighted by Gasteiger charge is -2.29. The Morgan fingerprint density at radius 3 is 2.32 bits per heavy atom. The summed E-state index contributed by atoms with van der Waals surface area (Å²) in [5.74, 6) is 1.77. The van der Waals surface area contributed by atoms with Gasteiger partial charge in [-0.3, -0.25) is 9.59 Å². The van der Waals surface area contributed by atoms with Crippen molar-refractivity contribution in [3.63, 3.8) is 0 Å². The minimum Gasteiger partial charge on any atom is -0.497 e. The predicted octanol–water partition coefficient (Wildman–Crippen LogP) is 4.30. The number of carbonyl (C=O) groups is 2. The number of nitrogens with one attached hydrogen (secondary N) is 1. The van der Waals surface area contributed by atoms with Crippen LogP contribution in [0, 0.1) is 0 Å². The van der Waals surface area contributed by atoms with Crippen molar-refractivity contribution in [3.05, 3.63) is 65.7 Å². The molecule has 0 saturated carbocycles. The fraction of sp³-hybridized carbons (Fsp3) is 0.440. The molecule has 0 saturated heterocycles. The van der Waals surface area contributed by atoms with Crippen LogP contribution in [-0.2, 0) is 21.8 Å². The number of hydrogen-bond acceptors (Lipinski definition) is 4. The molecule has 0 aliphatic rings. The van der Waals surface area contributed by atoms with Crippen LogP contribution in [0.25, 0.3) is 0 Å². The van der Waals surface area contributed by atoms with E-state index in [1.165, 1.54) is 0 Å². The van der Waals surface area contributed by atoms with Gasteiger partial charge in [-0.1, -0.05) is 49.4 Å². The summed E-state index contributed by atoms with van der Waals surface area (Å²) in [4.78, 5) is 27.5. The zero-order valence-corrected chi connectivity index (χ0v) is 19.8. The maximum absolute atomic E-state index is 13.1. The first-order valence-corrected chi connectivity index (χ1v) is 11.9. The van der Waals surface area contributed by atoms with E-state index in [9.17, 15) is 9.59 Å². The van der Waals surface area contributed by atoms with Crippen LogP contribution in [0.3, 0.4) is 0 Å². The van der Waals surface area contributed by atoms with Gasteiger partial charge in [0.05, 0.1) is 12.9 Å². The molecule has 31 heavy (non-hydrogen) atoms. The maximum Gasteiger partial charge on any atom is 0.242 e. The van der Waals surface area contributed by atoms with Gasteiger partial charge in [0.25, 0.3) is 0 Å². The summed E-state index contributed by atoms with van der Waals surface area (Å²) < 4.78 is 5.19. The van der Waals surface area contributed by atoms with E-state index in [0.717, 1.165) is 35.5 Å². The van der Waals surface area contributed by atoms with Gasteiger partial charge in [0, 0.05) is 18.3 Å². The molecule has 2 aromatic carbocycles. The van der Waals surface area contributed by atoms with Crippen LogP contribution < -0.4 is 10.1 Å². The second-order valence-electron chi connectivity index (χ2n) is 7.66. The van der Waals surface area contributed by atoms with Crippen LogP contribution in [-0.4, -0.2) is 48.2 Å². The van der Waals surface area contributed by atoms with Crippen LogP contribution in [0.15, 0.2) is 54.6 Å². The van der Waals surface area contributed by atoms with E-state index in [0.29, 0.717) is 12.3 Å². The number of rotatable bonds is 12. The van der Waals surface area contributed by atoms with Gasteiger partial charge < -0.3 is 15.0 Å². The second-order valence-corrected chi connectivity index (χ2v) is 8.64. The Hall–Kier alpha value is -2.47. The lowest BCUT2D eigenvalue weighted by molar-refractivity contribution is -0.138. The molecule has 2 atom stereocenters. The molecular formula is C25H34N2O3S. The van der Waals surface area contributed by atoms with Gasteiger partial charge in [0.15, 0.2) is 0 Å². The molecule has 0 bridgehead atoms. The number of benzene rings is 2. The van der Waals surface area contributed by atoms with Crippen molar-refractivity contribution in [2.24, 2.45) is 0 Å². The number of amides is 2. The van der Waals surface area contributed by atoms with Crippen LogP contribution >= 0.6 is 11.8 Å².